The Hall–Kier alpha value is -7.75. The van der Waals surface area contributed by atoms with Crippen LogP contribution in [0, 0.1) is 0 Å². The second-order valence-electron chi connectivity index (χ2n) is 14.4. The predicted octanol–water partition coefficient (Wildman–Crippen LogP) is 14.4. The summed E-state index contributed by atoms with van der Waals surface area (Å²) in [7, 11) is 0. The number of benzene rings is 8. The van der Waals surface area contributed by atoms with Crippen molar-refractivity contribution in [2.75, 3.05) is 0 Å². The van der Waals surface area contributed by atoms with Crippen LogP contribution >= 0.6 is 0 Å². The molecule has 2 heterocycles. The number of hydrogen-bond acceptors (Lipinski definition) is 3. The third kappa shape index (κ3) is 6.98. The second kappa shape index (κ2) is 15.4. The minimum absolute atomic E-state index is 0.707. The Morgan fingerprint density at radius 3 is 1.07 bits per heavy atom. The van der Waals surface area contributed by atoms with E-state index in [9.17, 15) is 0 Å². The number of aromatic nitrogens is 3. The van der Waals surface area contributed by atoms with Gasteiger partial charge in [-0.3, -0.25) is 0 Å². The lowest BCUT2D eigenvalue weighted by Crippen LogP contribution is -1.96. The van der Waals surface area contributed by atoms with Crippen LogP contribution in [0.2, 0.25) is 0 Å². The summed E-state index contributed by atoms with van der Waals surface area (Å²) in [5.41, 5.74) is 15.9. The zero-order chi connectivity index (χ0) is 38.7. The van der Waals surface area contributed by atoms with E-state index in [4.69, 9.17) is 15.0 Å². The molecule has 2 aromatic heterocycles. The van der Waals surface area contributed by atoms with E-state index < -0.39 is 0 Å². The van der Waals surface area contributed by atoms with Gasteiger partial charge in [-0.05, 0) is 74.5 Å². The van der Waals surface area contributed by atoms with E-state index in [0.717, 1.165) is 72.8 Å². The summed E-state index contributed by atoms with van der Waals surface area (Å²) in [6.45, 7) is 0. The smallest absolute Gasteiger partial charge is 0.160 e. The van der Waals surface area contributed by atoms with Gasteiger partial charge in [-0.2, -0.15) is 0 Å². The minimum Gasteiger partial charge on any atom is -0.248 e. The van der Waals surface area contributed by atoms with Crippen LogP contribution in [-0.2, 0) is 0 Å². The molecule has 3 nitrogen and oxygen atoms in total. The van der Waals surface area contributed by atoms with Crippen LogP contribution in [0.25, 0.3) is 101 Å². The van der Waals surface area contributed by atoms with Gasteiger partial charge in [0.1, 0.15) is 0 Å². The molecule has 0 fully saturated rings. The molecule has 58 heavy (non-hydrogen) atoms. The largest absolute Gasteiger partial charge is 0.248 e. The molecule has 8 aromatic carbocycles. The van der Waals surface area contributed by atoms with Crippen molar-refractivity contribution in [3.63, 3.8) is 0 Å². The molecule has 0 unspecified atom stereocenters. The fourth-order valence-electron chi connectivity index (χ4n) is 7.79. The number of pyridine rings is 1. The maximum absolute atomic E-state index is 5.11. The van der Waals surface area contributed by atoms with Crippen molar-refractivity contribution in [3.8, 4) is 89.8 Å². The molecule has 0 bridgehead atoms. The molecule has 0 radical (unpaired) electrons. The van der Waals surface area contributed by atoms with E-state index in [2.05, 4.69) is 176 Å². The third-order valence-corrected chi connectivity index (χ3v) is 10.7. The Kier molecular flexibility index (Phi) is 9.23. The Morgan fingerprint density at radius 2 is 0.569 bits per heavy atom. The van der Waals surface area contributed by atoms with Crippen molar-refractivity contribution in [2.24, 2.45) is 0 Å². The van der Waals surface area contributed by atoms with Crippen LogP contribution < -0.4 is 0 Å². The molecular weight excluding hydrogens is 703 g/mol. The highest BCUT2D eigenvalue weighted by molar-refractivity contribution is 6.05. The summed E-state index contributed by atoms with van der Waals surface area (Å²) in [6, 6.07) is 78.8. The molecule has 10 rings (SSSR count). The van der Waals surface area contributed by atoms with Crippen molar-refractivity contribution >= 4 is 10.8 Å². The van der Waals surface area contributed by atoms with Crippen molar-refractivity contribution < 1.29 is 0 Å². The lowest BCUT2D eigenvalue weighted by molar-refractivity contribution is 1.18. The van der Waals surface area contributed by atoms with Gasteiger partial charge in [-0.25, -0.2) is 15.0 Å². The number of rotatable bonds is 8. The average Bonchev–Trinajstić information content (AvgIpc) is 3.32. The third-order valence-electron chi connectivity index (χ3n) is 10.7. The molecule has 0 atom stereocenters. The van der Waals surface area contributed by atoms with Crippen LogP contribution in [0.15, 0.2) is 224 Å². The highest BCUT2D eigenvalue weighted by Gasteiger charge is 2.15. The van der Waals surface area contributed by atoms with Crippen molar-refractivity contribution in [2.45, 2.75) is 0 Å². The molecule has 0 amide bonds. The van der Waals surface area contributed by atoms with E-state index in [1.54, 1.807) is 0 Å². The van der Waals surface area contributed by atoms with E-state index in [0.29, 0.717) is 5.82 Å². The molecule has 0 aliphatic heterocycles. The fraction of sp³-hybridized carbons (Fsp3) is 0. The summed E-state index contributed by atoms with van der Waals surface area (Å²) in [4.78, 5) is 15.2. The molecular formula is C55H37N3. The van der Waals surface area contributed by atoms with E-state index in [1.165, 1.54) is 21.9 Å². The molecule has 3 heteroatoms. The van der Waals surface area contributed by atoms with Crippen LogP contribution in [-0.4, -0.2) is 15.0 Å². The highest BCUT2D eigenvalue weighted by atomic mass is 14.9. The van der Waals surface area contributed by atoms with Gasteiger partial charge in [0.2, 0.25) is 0 Å². The van der Waals surface area contributed by atoms with Gasteiger partial charge >= 0.3 is 0 Å². The molecule has 0 saturated heterocycles. The maximum atomic E-state index is 5.11. The first-order valence-corrected chi connectivity index (χ1v) is 19.6. The zero-order valence-corrected chi connectivity index (χ0v) is 31.7. The SMILES string of the molecule is c1ccc(-c2cc(-c3cccc(-c4ccc(-c5cccc(-c6cc(-c7ccccc7)nc(-c7ccccc7)n6)c5)c5ccccc45)c3)cc(-c3ccccc3)n2)cc1. The van der Waals surface area contributed by atoms with Crippen LogP contribution in [0.1, 0.15) is 0 Å². The molecule has 0 spiro atoms. The second-order valence-corrected chi connectivity index (χ2v) is 14.4. The average molecular weight is 740 g/mol. The van der Waals surface area contributed by atoms with Gasteiger partial charge in [0.05, 0.1) is 22.8 Å². The zero-order valence-electron chi connectivity index (χ0n) is 31.7. The Balaban J connectivity index is 1.05. The van der Waals surface area contributed by atoms with Crippen molar-refractivity contribution in [3.05, 3.63) is 224 Å². The van der Waals surface area contributed by atoms with E-state index in [-0.39, 0.29) is 0 Å². The molecule has 0 saturated carbocycles. The van der Waals surface area contributed by atoms with Crippen molar-refractivity contribution in [1.29, 1.82) is 0 Å². The molecule has 272 valence electrons. The standard InChI is InChI=1S/C55H37N3/c1-5-17-38(18-6-1)51-35-46(36-52(56-51)39-19-7-2-8-20-39)42-25-15-26-43(33-42)47-31-32-48(50-30-14-13-29-49(47)50)44-27-16-28-45(34-44)54-37-53(40-21-9-3-10-22-40)57-55(58-54)41-23-11-4-12-24-41/h1-37H. The lowest BCUT2D eigenvalue weighted by Gasteiger charge is -2.15. The quantitative estimate of drug-likeness (QED) is 0.156. The van der Waals surface area contributed by atoms with Crippen LogP contribution in [0.5, 0.6) is 0 Å². The number of hydrogen-bond donors (Lipinski definition) is 0. The summed E-state index contributed by atoms with van der Waals surface area (Å²) in [5, 5.41) is 2.40. The Labute approximate surface area is 338 Å². The van der Waals surface area contributed by atoms with Crippen molar-refractivity contribution in [1.82, 2.24) is 15.0 Å². The molecule has 0 aliphatic carbocycles. The van der Waals surface area contributed by atoms with Gasteiger partial charge in [0.25, 0.3) is 0 Å². The molecule has 0 N–H and O–H groups in total. The van der Waals surface area contributed by atoms with E-state index in [1.807, 2.05) is 48.5 Å². The normalized spacial score (nSPS) is 11.1. The fourth-order valence-corrected chi connectivity index (χ4v) is 7.79. The van der Waals surface area contributed by atoms with Crippen LogP contribution in [0.3, 0.4) is 0 Å². The Bertz CT molecular complexity index is 2710. The topological polar surface area (TPSA) is 38.7 Å². The maximum Gasteiger partial charge on any atom is 0.160 e. The number of nitrogens with zero attached hydrogens (tertiary/aromatic N) is 3. The summed E-state index contributed by atoms with van der Waals surface area (Å²) in [5.74, 6) is 0.707. The summed E-state index contributed by atoms with van der Waals surface area (Å²) >= 11 is 0. The highest BCUT2D eigenvalue weighted by Crippen LogP contribution is 2.39. The van der Waals surface area contributed by atoms with Gasteiger partial charge in [0.15, 0.2) is 5.82 Å². The Morgan fingerprint density at radius 1 is 0.207 bits per heavy atom. The predicted molar refractivity (Wildman–Crippen MR) is 241 cm³/mol. The van der Waals surface area contributed by atoms with Gasteiger partial charge < -0.3 is 0 Å². The first-order chi connectivity index (χ1) is 28.7. The van der Waals surface area contributed by atoms with Gasteiger partial charge in [0, 0.05) is 27.8 Å². The number of fused-ring (bicyclic) bond motifs is 1. The minimum atomic E-state index is 0.707. The van der Waals surface area contributed by atoms with Crippen LogP contribution in [0.4, 0.5) is 0 Å². The lowest BCUT2D eigenvalue weighted by atomic mass is 9.90. The first kappa shape index (κ1) is 34.7. The van der Waals surface area contributed by atoms with Gasteiger partial charge in [-0.15, -0.1) is 0 Å². The molecule has 0 aliphatic rings. The molecule has 10 aromatic rings. The van der Waals surface area contributed by atoms with E-state index >= 15 is 0 Å². The monoisotopic (exact) mass is 739 g/mol. The summed E-state index contributed by atoms with van der Waals surface area (Å²) in [6.07, 6.45) is 0. The first-order valence-electron chi connectivity index (χ1n) is 19.6. The summed E-state index contributed by atoms with van der Waals surface area (Å²) < 4.78 is 0. The van der Waals surface area contributed by atoms with Gasteiger partial charge in [-0.1, -0.05) is 194 Å².